The largest absolute Gasteiger partial charge is 0.497 e. The number of aryl methyl sites for hydroxylation is 2. The van der Waals surface area contributed by atoms with Gasteiger partial charge in [0, 0.05) is 34.1 Å². The standard InChI is InChI=1S/C25H28N4O2/c1-15-11-16(2)29(28-15)14-18-12-17(5-8-23(18)31-4)24-25-20(9-10-26-24)21-13-19(30-3)6-7-22(21)27-25/h5-8,11-13,24,26-27H,9-10,14H2,1-4H3/p+1/t24-/m0/s1. The minimum absolute atomic E-state index is 0.229. The second kappa shape index (κ2) is 7.78. The Morgan fingerprint density at radius 2 is 1.97 bits per heavy atom. The van der Waals surface area contributed by atoms with Crippen molar-refractivity contribution in [1.82, 2.24) is 14.8 Å². The molecule has 1 atom stereocenters. The lowest BCUT2D eigenvalue weighted by Gasteiger charge is -2.22. The number of quaternary nitrogens is 1. The van der Waals surface area contributed by atoms with Gasteiger partial charge in [0.15, 0.2) is 6.04 Å². The molecule has 2 aromatic carbocycles. The molecule has 0 saturated carbocycles. The van der Waals surface area contributed by atoms with Gasteiger partial charge in [0.05, 0.1) is 38.7 Å². The third-order valence-corrected chi connectivity index (χ3v) is 6.34. The molecule has 5 rings (SSSR count). The average molecular weight is 418 g/mol. The Morgan fingerprint density at radius 3 is 2.71 bits per heavy atom. The number of methoxy groups -OCH3 is 2. The van der Waals surface area contributed by atoms with E-state index in [1.807, 2.05) is 17.7 Å². The van der Waals surface area contributed by atoms with E-state index in [9.17, 15) is 0 Å². The van der Waals surface area contributed by atoms with E-state index in [1.54, 1.807) is 14.2 Å². The van der Waals surface area contributed by atoms with Crippen molar-refractivity contribution in [3.8, 4) is 11.5 Å². The molecule has 31 heavy (non-hydrogen) atoms. The van der Waals surface area contributed by atoms with Crippen molar-refractivity contribution in [1.29, 1.82) is 0 Å². The van der Waals surface area contributed by atoms with Gasteiger partial charge in [0.2, 0.25) is 0 Å². The number of hydrogen-bond acceptors (Lipinski definition) is 3. The van der Waals surface area contributed by atoms with E-state index in [0.29, 0.717) is 6.54 Å². The molecule has 3 heterocycles. The van der Waals surface area contributed by atoms with Gasteiger partial charge in [-0.05, 0) is 61.9 Å². The number of nitrogens with zero attached hydrogens (tertiary/aromatic N) is 2. The summed E-state index contributed by atoms with van der Waals surface area (Å²) in [4.78, 5) is 3.69. The first-order valence-corrected chi connectivity index (χ1v) is 10.8. The van der Waals surface area contributed by atoms with Crippen molar-refractivity contribution >= 4 is 10.9 Å². The smallest absolute Gasteiger partial charge is 0.153 e. The number of fused-ring (bicyclic) bond motifs is 3. The van der Waals surface area contributed by atoms with Crippen molar-refractivity contribution < 1.29 is 14.8 Å². The van der Waals surface area contributed by atoms with Gasteiger partial charge in [-0.25, -0.2) is 0 Å². The topological polar surface area (TPSA) is 68.7 Å². The van der Waals surface area contributed by atoms with E-state index < -0.39 is 0 Å². The van der Waals surface area contributed by atoms with Crippen molar-refractivity contribution in [3.05, 3.63) is 76.2 Å². The molecular weight excluding hydrogens is 388 g/mol. The van der Waals surface area contributed by atoms with E-state index in [-0.39, 0.29) is 6.04 Å². The fourth-order valence-corrected chi connectivity index (χ4v) is 4.84. The number of aromatic nitrogens is 3. The van der Waals surface area contributed by atoms with E-state index in [4.69, 9.17) is 9.47 Å². The summed E-state index contributed by atoms with van der Waals surface area (Å²) < 4.78 is 13.2. The van der Waals surface area contributed by atoms with Gasteiger partial charge in [0.25, 0.3) is 0 Å². The van der Waals surface area contributed by atoms with Gasteiger partial charge in [-0.3, -0.25) is 4.68 Å². The number of aromatic amines is 1. The van der Waals surface area contributed by atoms with Crippen LogP contribution in [0.5, 0.6) is 11.5 Å². The Labute approximate surface area is 182 Å². The van der Waals surface area contributed by atoms with Crippen LogP contribution in [0, 0.1) is 13.8 Å². The van der Waals surface area contributed by atoms with E-state index in [1.165, 1.54) is 27.7 Å². The van der Waals surface area contributed by atoms with Crippen molar-refractivity contribution in [2.24, 2.45) is 0 Å². The molecule has 0 aliphatic carbocycles. The molecule has 0 fully saturated rings. The summed E-state index contributed by atoms with van der Waals surface area (Å²) >= 11 is 0. The molecule has 0 spiro atoms. The summed E-state index contributed by atoms with van der Waals surface area (Å²) in [6.45, 7) is 5.87. The summed E-state index contributed by atoms with van der Waals surface area (Å²) in [5.41, 5.74) is 8.46. The first kappa shape index (κ1) is 19.7. The van der Waals surface area contributed by atoms with Crippen LogP contribution in [-0.2, 0) is 13.0 Å². The maximum Gasteiger partial charge on any atom is 0.153 e. The van der Waals surface area contributed by atoms with Gasteiger partial charge < -0.3 is 19.8 Å². The van der Waals surface area contributed by atoms with E-state index in [2.05, 4.69) is 58.7 Å². The third kappa shape index (κ3) is 3.47. The van der Waals surface area contributed by atoms with Crippen LogP contribution in [0.15, 0.2) is 42.5 Å². The number of H-pyrrole nitrogens is 1. The summed E-state index contributed by atoms with van der Waals surface area (Å²) in [6, 6.07) is 15.2. The minimum Gasteiger partial charge on any atom is -0.497 e. The zero-order valence-corrected chi connectivity index (χ0v) is 18.5. The molecular formula is C25H29N4O2+. The Balaban J connectivity index is 1.56. The van der Waals surface area contributed by atoms with Crippen LogP contribution >= 0.6 is 0 Å². The SMILES string of the molecule is COc1ccc2[nH]c3c(c2c1)CC[NH2+][C@H]3c1ccc(OC)c(Cn2nc(C)cc2C)c1. The number of nitrogens with two attached hydrogens (primary N) is 1. The Kier molecular flexibility index (Phi) is 4.94. The minimum atomic E-state index is 0.229. The predicted molar refractivity (Wildman–Crippen MR) is 121 cm³/mol. The van der Waals surface area contributed by atoms with Gasteiger partial charge in [0.1, 0.15) is 11.5 Å². The van der Waals surface area contributed by atoms with E-state index in [0.717, 1.165) is 41.4 Å². The summed E-state index contributed by atoms with van der Waals surface area (Å²) in [5.74, 6) is 1.80. The molecule has 4 aromatic rings. The number of hydrogen-bond donors (Lipinski definition) is 2. The number of ether oxygens (including phenoxy) is 2. The molecule has 6 heteroatoms. The third-order valence-electron chi connectivity index (χ3n) is 6.34. The van der Waals surface area contributed by atoms with Gasteiger partial charge >= 0.3 is 0 Å². The average Bonchev–Trinajstić information content (AvgIpc) is 3.31. The van der Waals surface area contributed by atoms with Crippen LogP contribution in [-0.4, -0.2) is 35.5 Å². The lowest BCUT2D eigenvalue weighted by atomic mass is 9.93. The first-order chi connectivity index (χ1) is 15.1. The first-order valence-electron chi connectivity index (χ1n) is 10.8. The van der Waals surface area contributed by atoms with Crippen LogP contribution < -0.4 is 14.8 Å². The van der Waals surface area contributed by atoms with Crippen molar-refractivity contribution in [2.75, 3.05) is 20.8 Å². The predicted octanol–water partition coefficient (Wildman–Crippen LogP) is 3.26. The molecule has 0 saturated heterocycles. The molecule has 6 nitrogen and oxygen atoms in total. The van der Waals surface area contributed by atoms with Gasteiger partial charge in [-0.1, -0.05) is 0 Å². The second-order valence-electron chi connectivity index (χ2n) is 8.34. The second-order valence-corrected chi connectivity index (χ2v) is 8.34. The molecule has 2 aromatic heterocycles. The van der Waals surface area contributed by atoms with Crippen molar-refractivity contribution in [2.45, 2.75) is 32.9 Å². The summed E-state index contributed by atoms with van der Waals surface area (Å²) in [5, 5.41) is 8.33. The quantitative estimate of drug-likeness (QED) is 0.524. The Bertz CT molecular complexity index is 1250. The monoisotopic (exact) mass is 417 g/mol. The molecule has 0 unspecified atom stereocenters. The van der Waals surface area contributed by atoms with Gasteiger partial charge in [-0.2, -0.15) is 5.10 Å². The molecule has 0 radical (unpaired) electrons. The highest BCUT2D eigenvalue weighted by molar-refractivity contribution is 5.86. The maximum absolute atomic E-state index is 5.68. The molecule has 160 valence electrons. The zero-order chi connectivity index (χ0) is 21.5. The molecule has 0 amide bonds. The highest BCUT2D eigenvalue weighted by atomic mass is 16.5. The maximum atomic E-state index is 5.68. The fraction of sp³-hybridized carbons (Fsp3) is 0.320. The van der Waals surface area contributed by atoms with Crippen LogP contribution in [0.1, 0.15) is 39.8 Å². The molecule has 1 aliphatic rings. The lowest BCUT2D eigenvalue weighted by Crippen LogP contribution is -2.87. The Hall–Kier alpha value is -3.25. The highest BCUT2D eigenvalue weighted by Gasteiger charge is 2.29. The Morgan fingerprint density at radius 1 is 1.10 bits per heavy atom. The number of nitrogens with one attached hydrogen (secondary N) is 1. The van der Waals surface area contributed by atoms with Crippen molar-refractivity contribution in [3.63, 3.8) is 0 Å². The molecule has 3 N–H and O–H groups in total. The van der Waals surface area contributed by atoms with Gasteiger partial charge in [-0.15, -0.1) is 0 Å². The normalized spacial score (nSPS) is 15.8. The van der Waals surface area contributed by atoms with Crippen LogP contribution in [0.25, 0.3) is 10.9 Å². The molecule has 1 aliphatic heterocycles. The van der Waals surface area contributed by atoms with Crippen LogP contribution in [0.4, 0.5) is 0 Å². The summed E-state index contributed by atoms with van der Waals surface area (Å²) in [7, 11) is 3.45. The van der Waals surface area contributed by atoms with Crippen LogP contribution in [0.2, 0.25) is 0 Å². The summed E-state index contributed by atoms with van der Waals surface area (Å²) in [6.07, 6.45) is 1.05. The number of rotatable bonds is 5. The lowest BCUT2D eigenvalue weighted by molar-refractivity contribution is -0.690. The fourth-order valence-electron chi connectivity index (χ4n) is 4.84. The van der Waals surface area contributed by atoms with E-state index >= 15 is 0 Å². The highest BCUT2D eigenvalue weighted by Crippen LogP contribution is 2.34. The molecule has 0 bridgehead atoms. The van der Waals surface area contributed by atoms with Crippen LogP contribution in [0.3, 0.4) is 0 Å². The zero-order valence-electron chi connectivity index (χ0n) is 18.5. The number of benzene rings is 2.